The largest absolute Gasteiger partial charge is 0.483 e. The third-order valence-corrected chi connectivity index (χ3v) is 6.39. The van der Waals surface area contributed by atoms with Gasteiger partial charge in [0, 0.05) is 25.2 Å². The molecular formula is C21H30N2O2. The highest BCUT2D eigenvalue weighted by Gasteiger charge is 2.38. The van der Waals surface area contributed by atoms with Crippen LogP contribution in [0.2, 0.25) is 0 Å². The monoisotopic (exact) mass is 342 g/mol. The molecule has 0 radical (unpaired) electrons. The zero-order valence-electron chi connectivity index (χ0n) is 15.1. The zero-order valence-corrected chi connectivity index (χ0v) is 15.1. The maximum absolute atomic E-state index is 12.2. The molecule has 25 heavy (non-hydrogen) atoms. The van der Waals surface area contributed by atoms with Crippen LogP contribution in [0.1, 0.15) is 44.1 Å². The number of hydrogen-bond acceptors (Lipinski definition) is 3. The number of carbonyl (C=O) groups is 1. The molecule has 1 N–H and O–H groups in total. The number of ether oxygens (including phenoxy) is 1. The van der Waals surface area contributed by atoms with E-state index >= 15 is 0 Å². The molecule has 4 rings (SSSR count). The Morgan fingerprint density at radius 1 is 1.16 bits per heavy atom. The third-order valence-electron chi connectivity index (χ3n) is 6.39. The van der Waals surface area contributed by atoms with Crippen molar-refractivity contribution in [1.29, 1.82) is 0 Å². The summed E-state index contributed by atoms with van der Waals surface area (Å²) in [5.74, 6) is 3.78. The number of carbonyl (C=O) groups excluding carboxylic acids is 1. The van der Waals surface area contributed by atoms with Gasteiger partial charge in [-0.2, -0.15) is 0 Å². The average molecular weight is 342 g/mol. The van der Waals surface area contributed by atoms with Crippen LogP contribution < -0.4 is 10.1 Å². The lowest BCUT2D eigenvalue weighted by Crippen LogP contribution is -2.32. The minimum atomic E-state index is 0.113. The number of nitrogens with one attached hydrogen (secondary N) is 1. The zero-order chi connectivity index (χ0) is 17.1. The highest BCUT2D eigenvalue weighted by atomic mass is 16.5. The number of amides is 1. The van der Waals surface area contributed by atoms with Crippen LogP contribution >= 0.6 is 0 Å². The normalized spacial score (nSPS) is 27.8. The van der Waals surface area contributed by atoms with E-state index in [4.69, 9.17) is 4.74 Å². The van der Waals surface area contributed by atoms with Gasteiger partial charge in [0.1, 0.15) is 5.75 Å². The van der Waals surface area contributed by atoms with E-state index in [1.807, 2.05) is 23.1 Å². The smallest absolute Gasteiger partial charge is 0.260 e. The molecule has 1 aliphatic heterocycles. The second-order valence-electron chi connectivity index (χ2n) is 8.05. The van der Waals surface area contributed by atoms with Gasteiger partial charge in [-0.15, -0.1) is 0 Å². The molecule has 4 heteroatoms. The maximum atomic E-state index is 12.2. The number of fused-ring (bicyclic) bond motifs is 2. The van der Waals surface area contributed by atoms with Crippen molar-refractivity contribution in [2.75, 3.05) is 26.2 Å². The summed E-state index contributed by atoms with van der Waals surface area (Å²) >= 11 is 0. The van der Waals surface area contributed by atoms with E-state index in [1.54, 1.807) is 0 Å². The summed E-state index contributed by atoms with van der Waals surface area (Å²) in [5, 5.41) is 3.64. The van der Waals surface area contributed by atoms with Gasteiger partial charge in [0.25, 0.3) is 5.91 Å². The minimum Gasteiger partial charge on any atom is -0.483 e. The summed E-state index contributed by atoms with van der Waals surface area (Å²) in [6.07, 6.45) is 8.02. The molecule has 2 saturated carbocycles. The first-order valence-corrected chi connectivity index (χ1v) is 9.99. The number of hydrogen-bond donors (Lipinski definition) is 1. The molecule has 136 valence electrons. The van der Waals surface area contributed by atoms with Crippen molar-refractivity contribution in [3.05, 3.63) is 29.8 Å². The lowest BCUT2D eigenvalue weighted by molar-refractivity contribution is -0.132. The van der Waals surface area contributed by atoms with E-state index in [2.05, 4.69) is 11.4 Å². The lowest BCUT2D eigenvalue weighted by atomic mass is 9.89. The van der Waals surface area contributed by atoms with E-state index in [9.17, 15) is 4.79 Å². The fourth-order valence-electron chi connectivity index (χ4n) is 5.01. The van der Waals surface area contributed by atoms with Gasteiger partial charge < -0.3 is 15.0 Å². The Labute approximate surface area is 150 Å². The van der Waals surface area contributed by atoms with Crippen molar-refractivity contribution in [2.45, 2.75) is 45.1 Å². The molecule has 3 atom stereocenters. The molecule has 3 unspecified atom stereocenters. The topological polar surface area (TPSA) is 41.6 Å². The van der Waals surface area contributed by atoms with E-state index in [0.29, 0.717) is 0 Å². The quantitative estimate of drug-likeness (QED) is 0.827. The lowest BCUT2D eigenvalue weighted by Gasteiger charge is -2.22. The third kappa shape index (κ3) is 4.00. The molecule has 1 aromatic carbocycles. The molecule has 1 aromatic rings. The molecule has 2 bridgehead atoms. The van der Waals surface area contributed by atoms with Crippen molar-refractivity contribution in [2.24, 2.45) is 17.8 Å². The van der Waals surface area contributed by atoms with Crippen LogP contribution in [-0.2, 0) is 11.3 Å². The summed E-state index contributed by atoms with van der Waals surface area (Å²) in [5.41, 5.74) is 1.15. The first-order valence-electron chi connectivity index (χ1n) is 9.99. The number of likely N-dealkylation sites (tertiary alicyclic amines) is 1. The molecule has 0 aromatic heterocycles. The molecule has 3 fully saturated rings. The molecule has 3 aliphatic rings. The molecular weight excluding hydrogens is 312 g/mol. The van der Waals surface area contributed by atoms with Gasteiger partial charge in [0.05, 0.1) is 0 Å². The van der Waals surface area contributed by atoms with Gasteiger partial charge in [-0.3, -0.25) is 4.79 Å². The van der Waals surface area contributed by atoms with Gasteiger partial charge in [-0.25, -0.2) is 0 Å². The van der Waals surface area contributed by atoms with Gasteiger partial charge in [-0.05, 0) is 62.5 Å². The van der Waals surface area contributed by atoms with E-state index in [0.717, 1.165) is 68.1 Å². The average Bonchev–Trinajstić information content (AvgIpc) is 3.38. The van der Waals surface area contributed by atoms with Crippen molar-refractivity contribution in [1.82, 2.24) is 10.2 Å². The SMILES string of the molecule is O=C(COc1ccccc1CNCC1CC2CCC1C2)N1CCCC1. The highest BCUT2D eigenvalue weighted by Crippen LogP contribution is 2.47. The van der Waals surface area contributed by atoms with E-state index in [-0.39, 0.29) is 12.5 Å². The Morgan fingerprint density at radius 3 is 2.76 bits per heavy atom. The Bertz CT molecular complexity index is 597. The highest BCUT2D eigenvalue weighted by molar-refractivity contribution is 5.78. The Hall–Kier alpha value is -1.55. The fraction of sp³-hybridized carbons (Fsp3) is 0.667. The summed E-state index contributed by atoms with van der Waals surface area (Å²) in [6.45, 7) is 3.86. The van der Waals surface area contributed by atoms with Crippen LogP contribution in [0.5, 0.6) is 5.75 Å². The number of benzene rings is 1. The van der Waals surface area contributed by atoms with Gasteiger partial charge in [0.15, 0.2) is 6.61 Å². The first-order chi connectivity index (χ1) is 12.3. The predicted molar refractivity (Wildman–Crippen MR) is 98.4 cm³/mol. The number of nitrogens with zero attached hydrogens (tertiary/aromatic N) is 1. The molecule has 0 spiro atoms. The summed E-state index contributed by atoms with van der Waals surface area (Å²) < 4.78 is 5.85. The second-order valence-corrected chi connectivity index (χ2v) is 8.05. The number of rotatable bonds is 7. The van der Waals surface area contributed by atoms with Crippen LogP contribution in [0.3, 0.4) is 0 Å². The van der Waals surface area contributed by atoms with Crippen LogP contribution in [0, 0.1) is 17.8 Å². The van der Waals surface area contributed by atoms with Gasteiger partial charge in [0.2, 0.25) is 0 Å². The van der Waals surface area contributed by atoms with Crippen molar-refractivity contribution >= 4 is 5.91 Å². The second kappa shape index (κ2) is 7.77. The fourth-order valence-corrected chi connectivity index (χ4v) is 5.01. The summed E-state index contributed by atoms with van der Waals surface area (Å²) in [4.78, 5) is 14.1. The summed E-state index contributed by atoms with van der Waals surface area (Å²) in [7, 11) is 0. The van der Waals surface area contributed by atoms with Crippen LogP contribution in [0.25, 0.3) is 0 Å². The summed E-state index contributed by atoms with van der Waals surface area (Å²) in [6, 6.07) is 8.11. The van der Waals surface area contributed by atoms with Crippen molar-refractivity contribution in [3.63, 3.8) is 0 Å². The van der Waals surface area contributed by atoms with Gasteiger partial charge >= 0.3 is 0 Å². The molecule has 4 nitrogen and oxygen atoms in total. The molecule has 1 saturated heterocycles. The first kappa shape index (κ1) is 16.9. The van der Waals surface area contributed by atoms with Crippen LogP contribution in [-0.4, -0.2) is 37.0 Å². The van der Waals surface area contributed by atoms with E-state index < -0.39 is 0 Å². The van der Waals surface area contributed by atoms with Crippen molar-refractivity contribution in [3.8, 4) is 5.75 Å². The molecule has 1 amide bonds. The van der Waals surface area contributed by atoms with E-state index in [1.165, 1.54) is 25.7 Å². The van der Waals surface area contributed by atoms with Gasteiger partial charge in [-0.1, -0.05) is 24.6 Å². The Balaban J connectivity index is 1.26. The van der Waals surface area contributed by atoms with Crippen LogP contribution in [0.4, 0.5) is 0 Å². The minimum absolute atomic E-state index is 0.113. The van der Waals surface area contributed by atoms with Crippen LogP contribution in [0.15, 0.2) is 24.3 Å². The predicted octanol–water partition coefficient (Wildman–Crippen LogP) is 3.21. The Morgan fingerprint density at radius 2 is 2.00 bits per heavy atom. The number of para-hydroxylation sites is 1. The Kier molecular flexibility index (Phi) is 5.25. The molecule has 2 aliphatic carbocycles. The maximum Gasteiger partial charge on any atom is 0.260 e. The van der Waals surface area contributed by atoms with Crippen molar-refractivity contribution < 1.29 is 9.53 Å². The standard InChI is InChI=1S/C21H30N2O2/c24-21(23-9-3-4-10-23)15-25-20-6-2-1-5-18(20)13-22-14-19-12-16-7-8-17(19)11-16/h1-2,5-6,16-17,19,22H,3-4,7-15H2. The molecule has 1 heterocycles.